The van der Waals surface area contributed by atoms with E-state index in [0.717, 1.165) is 29.7 Å². The third kappa shape index (κ3) is 12.0. The normalized spacial score (nSPS) is 11.4. The van der Waals surface area contributed by atoms with E-state index in [0.29, 0.717) is 54.8 Å². The number of hydrogen-bond donors (Lipinski definition) is 0. The van der Waals surface area contributed by atoms with Gasteiger partial charge in [-0.25, -0.2) is 0 Å². The molecule has 0 aliphatic carbocycles. The van der Waals surface area contributed by atoms with E-state index in [1.165, 1.54) is 83.5 Å². The molecule has 2 aromatic carbocycles. The van der Waals surface area contributed by atoms with E-state index in [1.54, 1.807) is 0 Å². The molecule has 47 heavy (non-hydrogen) atoms. The molecular formula is C41H61NO5. The molecule has 0 N–H and O–H groups in total. The van der Waals surface area contributed by atoms with Crippen LogP contribution in [0.5, 0.6) is 23.0 Å². The van der Waals surface area contributed by atoms with E-state index in [1.807, 2.05) is 64.1 Å². The third-order valence-electron chi connectivity index (χ3n) is 8.53. The van der Waals surface area contributed by atoms with Gasteiger partial charge in [0.2, 0.25) is 5.43 Å². The quantitative estimate of drug-likeness (QED) is 0.0856. The molecule has 0 bridgehead atoms. The molecule has 0 saturated carbocycles. The van der Waals surface area contributed by atoms with Crippen LogP contribution in [0.15, 0.2) is 47.3 Å². The van der Waals surface area contributed by atoms with Crippen LogP contribution in [0.3, 0.4) is 0 Å². The molecule has 0 atom stereocenters. The average molecular weight is 648 g/mol. The molecule has 0 saturated heterocycles. The Kier molecular flexibility index (Phi) is 18.0. The van der Waals surface area contributed by atoms with Crippen molar-refractivity contribution in [3.05, 3.63) is 52.7 Å². The lowest BCUT2D eigenvalue weighted by Crippen LogP contribution is -2.15. The van der Waals surface area contributed by atoms with E-state index in [9.17, 15) is 4.79 Å². The van der Waals surface area contributed by atoms with Gasteiger partial charge >= 0.3 is 0 Å². The number of fused-ring (bicyclic) bond motifs is 1. The van der Waals surface area contributed by atoms with Gasteiger partial charge in [-0.05, 0) is 70.9 Å². The van der Waals surface area contributed by atoms with Gasteiger partial charge < -0.3 is 23.5 Å². The molecule has 3 aromatic rings. The first-order valence-electron chi connectivity index (χ1n) is 18.6. The minimum absolute atomic E-state index is 0.136. The molecule has 3 rings (SSSR count). The van der Waals surface area contributed by atoms with Crippen LogP contribution in [0.4, 0.5) is 0 Å². The summed E-state index contributed by atoms with van der Waals surface area (Å²) in [6.07, 6.45) is 24.2. The zero-order valence-electron chi connectivity index (χ0n) is 30.0. The number of hydrogen-bond acceptors (Lipinski definition) is 5. The summed E-state index contributed by atoms with van der Waals surface area (Å²) in [6.45, 7) is 12.0. The molecular weight excluding hydrogens is 586 g/mol. The lowest BCUT2D eigenvalue weighted by atomic mass is 10.0. The minimum atomic E-state index is -0.136. The fourth-order valence-corrected chi connectivity index (χ4v) is 6.16. The molecule has 6 heteroatoms. The molecule has 0 aliphatic rings. The SMILES string of the molecule is CCCCCCCCCCCCCCCCC=Cn1c(-c2ccc(OCC)c(OCC)c2)c(OCC)c(=O)c2ccc(OCC)cc21. The highest BCUT2D eigenvalue weighted by Gasteiger charge is 2.21. The van der Waals surface area contributed by atoms with E-state index < -0.39 is 0 Å². The Morgan fingerprint density at radius 2 is 1.17 bits per heavy atom. The maximum atomic E-state index is 13.9. The third-order valence-corrected chi connectivity index (χ3v) is 8.53. The van der Waals surface area contributed by atoms with E-state index in [-0.39, 0.29) is 5.43 Å². The number of rotatable bonds is 25. The van der Waals surface area contributed by atoms with Crippen LogP contribution in [0.2, 0.25) is 0 Å². The van der Waals surface area contributed by atoms with Crippen molar-refractivity contribution in [1.82, 2.24) is 4.57 Å². The van der Waals surface area contributed by atoms with Gasteiger partial charge in [0.25, 0.3) is 0 Å². The highest BCUT2D eigenvalue weighted by Crippen LogP contribution is 2.38. The lowest BCUT2D eigenvalue weighted by molar-refractivity contribution is 0.288. The lowest BCUT2D eigenvalue weighted by Gasteiger charge is -2.20. The molecule has 6 nitrogen and oxygen atoms in total. The monoisotopic (exact) mass is 647 g/mol. The van der Waals surface area contributed by atoms with Gasteiger partial charge in [0.1, 0.15) is 5.75 Å². The van der Waals surface area contributed by atoms with Crippen molar-refractivity contribution in [1.29, 1.82) is 0 Å². The largest absolute Gasteiger partial charge is 0.494 e. The van der Waals surface area contributed by atoms with E-state index in [2.05, 4.69) is 23.8 Å². The molecule has 0 amide bonds. The summed E-state index contributed by atoms with van der Waals surface area (Å²) < 4.78 is 25.8. The summed E-state index contributed by atoms with van der Waals surface area (Å²) in [5, 5.41) is 0.595. The summed E-state index contributed by atoms with van der Waals surface area (Å²) in [7, 11) is 0. The zero-order valence-corrected chi connectivity index (χ0v) is 30.0. The second-order valence-corrected chi connectivity index (χ2v) is 12.2. The maximum absolute atomic E-state index is 13.9. The second-order valence-electron chi connectivity index (χ2n) is 12.2. The van der Waals surface area contributed by atoms with Crippen LogP contribution < -0.4 is 24.4 Å². The summed E-state index contributed by atoms with van der Waals surface area (Å²) in [6, 6.07) is 11.5. The van der Waals surface area contributed by atoms with Gasteiger partial charge in [0.15, 0.2) is 17.2 Å². The predicted octanol–water partition coefficient (Wildman–Crippen LogP) is 11.6. The molecule has 1 aromatic heterocycles. The predicted molar refractivity (Wildman–Crippen MR) is 199 cm³/mol. The zero-order chi connectivity index (χ0) is 33.7. The Hall–Kier alpha value is -3.41. The number of ether oxygens (including phenoxy) is 4. The summed E-state index contributed by atoms with van der Waals surface area (Å²) in [4.78, 5) is 13.9. The van der Waals surface area contributed by atoms with Crippen LogP contribution in [-0.2, 0) is 0 Å². The van der Waals surface area contributed by atoms with Crippen LogP contribution in [0, 0.1) is 0 Å². The Balaban J connectivity index is 1.76. The minimum Gasteiger partial charge on any atom is -0.494 e. The fourth-order valence-electron chi connectivity index (χ4n) is 6.16. The molecule has 1 heterocycles. The van der Waals surface area contributed by atoms with Crippen LogP contribution >= 0.6 is 0 Å². The number of allylic oxidation sites excluding steroid dienone is 1. The van der Waals surface area contributed by atoms with E-state index in [4.69, 9.17) is 18.9 Å². The van der Waals surface area contributed by atoms with Crippen LogP contribution in [0.1, 0.15) is 131 Å². The Morgan fingerprint density at radius 3 is 1.77 bits per heavy atom. The van der Waals surface area contributed by atoms with Crippen molar-refractivity contribution < 1.29 is 18.9 Å². The number of pyridine rings is 1. The Labute approximate surface area is 284 Å². The van der Waals surface area contributed by atoms with Gasteiger partial charge in [-0.1, -0.05) is 96.5 Å². The first kappa shape index (κ1) is 38.0. The number of unbranched alkanes of at least 4 members (excludes halogenated alkanes) is 14. The number of nitrogens with zero attached hydrogens (tertiary/aromatic N) is 1. The van der Waals surface area contributed by atoms with Crippen LogP contribution in [0.25, 0.3) is 28.4 Å². The first-order valence-corrected chi connectivity index (χ1v) is 18.6. The van der Waals surface area contributed by atoms with Crippen molar-refractivity contribution in [2.24, 2.45) is 0 Å². The Bertz CT molecular complexity index is 1410. The molecule has 0 aliphatic heterocycles. The second kappa shape index (κ2) is 22.2. The smallest absolute Gasteiger partial charge is 0.231 e. The van der Waals surface area contributed by atoms with Crippen molar-refractivity contribution in [2.45, 2.75) is 131 Å². The first-order chi connectivity index (χ1) is 23.1. The van der Waals surface area contributed by atoms with Crippen molar-refractivity contribution in [2.75, 3.05) is 26.4 Å². The summed E-state index contributed by atoms with van der Waals surface area (Å²) >= 11 is 0. The highest BCUT2D eigenvalue weighted by atomic mass is 16.5. The van der Waals surface area contributed by atoms with E-state index >= 15 is 0 Å². The molecule has 0 radical (unpaired) electrons. The molecule has 0 fully saturated rings. The van der Waals surface area contributed by atoms with Gasteiger partial charge in [-0.3, -0.25) is 4.79 Å². The molecule has 0 spiro atoms. The maximum Gasteiger partial charge on any atom is 0.231 e. The Morgan fingerprint density at radius 1 is 0.596 bits per heavy atom. The van der Waals surface area contributed by atoms with Crippen LogP contribution in [-0.4, -0.2) is 31.0 Å². The van der Waals surface area contributed by atoms with Crippen molar-refractivity contribution in [3.63, 3.8) is 0 Å². The number of aromatic nitrogens is 1. The van der Waals surface area contributed by atoms with Crippen molar-refractivity contribution in [3.8, 4) is 34.3 Å². The summed E-state index contributed by atoms with van der Waals surface area (Å²) in [5.41, 5.74) is 2.16. The topological polar surface area (TPSA) is 58.9 Å². The summed E-state index contributed by atoms with van der Waals surface area (Å²) in [5.74, 6) is 2.38. The van der Waals surface area contributed by atoms with Gasteiger partial charge in [0.05, 0.1) is 43.0 Å². The van der Waals surface area contributed by atoms with Gasteiger partial charge in [-0.2, -0.15) is 0 Å². The molecule has 260 valence electrons. The average Bonchev–Trinajstić information content (AvgIpc) is 3.07. The van der Waals surface area contributed by atoms with Gasteiger partial charge in [0, 0.05) is 17.8 Å². The standard InChI is InChI=1S/C41H61NO5/c1-6-11-12-13-14-15-16-17-18-19-20-21-22-23-24-25-30-42-36-32-34(44-7-2)27-28-35(36)40(43)41(47-10-5)39(42)33-26-29-37(45-8-3)38(31-33)46-9-4/h25-32H,6-24H2,1-5H3. The fraction of sp³-hybridized carbons (Fsp3) is 0.585. The van der Waals surface area contributed by atoms with Crippen molar-refractivity contribution >= 4 is 17.1 Å². The number of benzene rings is 2. The molecule has 0 unspecified atom stereocenters. The van der Waals surface area contributed by atoms with Gasteiger partial charge in [-0.15, -0.1) is 0 Å². The highest BCUT2D eigenvalue weighted by molar-refractivity contribution is 5.89.